The highest BCUT2D eigenvalue weighted by atomic mass is 19.3. The summed E-state index contributed by atoms with van der Waals surface area (Å²) >= 11 is 0. The molecule has 20 heavy (non-hydrogen) atoms. The van der Waals surface area contributed by atoms with Crippen molar-refractivity contribution >= 4 is 16.8 Å². The first-order chi connectivity index (χ1) is 9.48. The van der Waals surface area contributed by atoms with Gasteiger partial charge in [-0.3, -0.25) is 4.79 Å². The van der Waals surface area contributed by atoms with Gasteiger partial charge in [-0.1, -0.05) is 6.07 Å². The highest BCUT2D eigenvalue weighted by Crippen LogP contribution is 2.28. The summed E-state index contributed by atoms with van der Waals surface area (Å²) in [7, 11) is 0. The highest BCUT2D eigenvalue weighted by molar-refractivity contribution is 5.98. The van der Waals surface area contributed by atoms with Crippen molar-refractivity contribution in [2.45, 2.75) is 12.3 Å². The molecule has 6 heteroatoms. The van der Waals surface area contributed by atoms with Crippen LogP contribution in [0.2, 0.25) is 0 Å². The summed E-state index contributed by atoms with van der Waals surface area (Å²) in [6.45, 7) is -0.477. The highest BCUT2D eigenvalue weighted by Gasteiger charge is 2.40. The van der Waals surface area contributed by atoms with Crippen LogP contribution in [0, 0.1) is 11.3 Å². The van der Waals surface area contributed by atoms with Crippen molar-refractivity contribution in [1.82, 2.24) is 9.88 Å². The number of rotatable bonds is 1. The number of nitriles is 1. The van der Waals surface area contributed by atoms with Gasteiger partial charge < -0.3 is 9.88 Å². The van der Waals surface area contributed by atoms with Crippen molar-refractivity contribution in [1.29, 1.82) is 5.26 Å². The van der Waals surface area contributed by atoms with Gasteiger partial charge in [0.2, 0.25) is 0 Å². The Kier molecular flexibility index (Phi) is 2.71. The van der Waals surface area contributed by atoms with Gasteiger partial charge in [0.1, 0.15) is 5.69 Å². The van der Waals surface area contributed by atoms with Crippen LogP contribution in [0.5, 0.6) is 0 Å². The van der Waals surface area contributed by atoms with E-state index < -0.39 is 18.4 Å². The molecule has 0 bridgehead atoms. The lowest BCUT2D eigenvalue weighted by Gasteiger charge is -2.14. The fourth-order valence-corrected chi connectivity index (χ4v) is 2.39. The van der Waals surface area contributed by atoms with E-state index in [-0.39, 0.29) is 18.7 Å². The van der Waals surface area contributed by atoms with Crippen molar-refractivity contribution < 1.29 is 13.6 Å². The largest absolute Gasteiger partial charge is 0.350 e. The summed E-state index contributed by atoms with van der Waals surface area (Å²) in [4.78, 5) is 16.2. The number of nitrogens with zero attached hydrogens (tertiary/aromatic N) is 2. The Morgan fingerprint density at radius 1 is 1.40 bits per heavy atom. The molecular weight excluding hydrogens is 264 g/mol. The first-order valence-corrected chi connectivity index (χ1v) is 6.18. The van der Waals surface area contributed by atoms with Gasteiger partial charge in [-0.05, 0) is 18.2 Å². The maximum atomic E-state index is 13.1. The van der Waals surface area contributed by atoms with Crippen molar-refractivity contribution in [3.63, 3.8) is 0 Å². The molecule has 1 fully saturated rings. The minimum atomic E-state index is -2.80. The summed E-state index contributed by atoms with van der Waals surface area (Å²) in [5.41, 5.74) is 1.40. The van der Waals surface area contributed by atoms with Gasteiger partial charge in [0.25, 0.3) is 11.8 Å². The molecule has 0 radical (unpaired) electrons. The molecule has 3 rings (SSSR count). The Bertz CT molecular complexity index is 730. The third kappa shape index (κ3) is 2.11. The number of fused-ring (bicyclic) bond motifs is 1. The summed E-state index contributed by atoms with van der Waals surface area (Å²) < 4.78 is 26.3. The third-order valence-corrected chi connectivity index (χ3v) is 3.44. The Hall–Kier alpha value is -2.42. The molecule has 1 aliphatic heterocycles. The average Bonchev–Trinajstić information content (AvgIpc) is 2.99. The average molecular weight is 275 g/mol. The topological polar surface area (TPSA) is 59.9 Å². The summed E-state index contributed by atoms with van der Waals surface area (Å²) in [6.07, 6.45) is -0.294. The van der Waals surface area contributed by atoms with Gasteiger partial charge in [-0.25, -0.2) is 8.78 Å². The van der Waals surface area contributed by atoms with E-state index in [1.54, 1.807) is 24.3 Å². The predicted octanol–water partition coefficient (Wildman–Crippen LogP) is 2.52. The fraction of sp³-hybridized carbons (Fsp3) is 0.286. The van der Waals surface area contributed by atoms with Crippen LogP contribution in [0.4, 0.5) is 8.78 Å². The number of amides is 1. The minimum absolute atomic E-state index is 0.0602. The molecular formula is C14H11F2N3O. The first kappa shape index (κ1) is 12.6. The number of alkyl halides is 2. The second kappa shape index (κ2) is 4.30. The van der Waals surface area contributed by atoms with Gasteiger partial charge in [-0.15, -0.1) is 0 Å². The minimum Gasteiger partial charge on any atom is -0.350 e. The molecule has 0 aliphatic carbocycles. The number of benzene rings is 1. The van der Waals surface area contributed by atoms with E-state index in [1.165, 1.54) is 0 Å². The zero-order chi connectivity index (χ0) is 14.3. The van der Waals surface area contributed by atoms with Gasteiger partial charge in [0.05, 0.1) is 18.2 Å². The maximum Gasteiger partial charge on any atom is 0.270 e. The normalized spacial score (nSPS) is 17.4. The lowest BCUT2D eigenvalue weighted by atomic mass is 10.2. The number of likely N-dealkylation sites (tertiary alicyclic amines) is 1. The quantitative estimate of drug-likeness (QED) is 0.869. The van der Waals surface area contributed by atoms with Crippen LogP contribution in [0.1, 0.15) is 22.5 Å². The van der Waals surface area contributed by atoms with Crippen LogP contribution in [0.15, 0.2) is 24.3 Å². The second-order valence-electron chi connectivity index (χ2n) is 4.93. The predicted molar refractivity (Wildman–Crippen MR) is 68.5 cm³/mol. The van der Waals surface area contributed by atoms with Crippen LogP contribution in [0.3, 0.4) is 0 Å². The van der Waals surface area contributed by atoms with E-state index in [2.05, 4.69) is 4.98 Å². The van der Waals surface area contributed by atoms with Gasteiger partial charge in [0, 0.05) is 23.9 Å². The number of carbonyl (C=O) groups excluding carboxylic acids is 1. The summed E-state index contributed by atoms with van der Waals surface area (Å²) in [5, 5.41) is 9.60. The van der Waals surface area contributed by atoms with Crippen LogP contribution in [-0.4, -0.2) is 34.8 Å². The number of halogens is 2. The van der Waals surface area contributed by atoms with Crippen LogP contribution >= 0.6 is 0 Å². The van der Waals surface area contributed by atoms with E-state index in [4.69, 9.17) is 5.26 Å². The van der Waals surface area contributed by atoms with Crippen molar-refractivity contribution in [3.05, 3.63) is 35.5 Å². The number of H-pyrrole nitrogens is 1. The molecule has 1 aromatic heterocycles. The molecule has 0 spiro atoms. The molecule has 0 unspecified atom stereocenters. The van der Waals surface area contributed by atoms with E-state index in [0.29, 0.717) is 11.1 Å². The van der Waals surface area contributed by atoms with E-state index in [1.807, 2.05) is 6.07 Å². The molecule has 2 aromatic rings. The standard InChI is InChI=1S/C14H11F2N3O/c15-14(16)3-4-19(8-14)13(20)12-6-10-2-1-9(7-17)5-11(10)18-12/h1-2,5-6,18H,3-4,8H2. The lowest BCUT2D eigenvalue weighted by Crippen LogP contribution is -2.31. The molecule has 1 amide bonds. The van der Waals surface area contributed by atoms with Gasteiger partial charge >= 0.3 is 0 Å². The van der Waals surface area contributed by atoms with Gasteiger partial charge in [-0.2, -0.15) is 5.26 Å². The van der Waals surface area contributed by atoms with Crippen molar-refractivity contribution in [2.24, 2.45) is 0 Å². The number of carbonyl (C=O) groups is 1. The maximum absolute atomic E-state index is 13.1. The second-order valence-corrected chi connectivity index (χ2v) is 4.93. The lowest BCUT2D eigenvalue weighted by molar-refractivity contribution is 0.0119. The first-order valence-electron chi connectivity index (χ1n) is 6.18. The Labute approximate surface area is 113 Å². The molecule has 4 nitrogen and oxygen atoms in total. The Morgan fingerprint density at radius 2 is 2.20 bits per heavy atom. The Balaban J connectivity index is 1.91. The molecule has 0 atom stereocenters. The van der Waals surface area contributed by atoms with E-state index in [0.717, 1.165) is 10.3 Å². The summed E-state index contributed by atoms with van der Waals surface area (Å²) in [5.74, 6) is -3.23. The van der Waals surface area contributed by atoms with Crippen LogP contribution < -0.4 is 0 Å². The smallest absolute Gasteiger partial charge is 0.270 e. The molecule has 1 aromatic carbocycles. The number of aromatic amines is 1. The van der Waals surface area contributed by atoms with Crippen LogP contribution in [-0.2, 0) is 0 Å². The molecule has 1 aliphatic rings. The van der Waals surface area contributed by atoms with E-state index >= 15 is 0 Å². The van der Waals surface area contributed by atoms with E-state index in [9.17, 15) is 13.6 Å². The van der Waals surface area contributed by atoms with Crippen molar-refractivity contribution in [2.75, 3.05) is 13.1 Å². The van der Waals surface area contributed by atoms with Crippen molar-refractivity contribution in [3.8, 4) is 6.07 Å². The number of hydrogen-bond acceptors (Lipinski definition) is 2. The van der Waals surface area contributed by atoms with Gasteiger partial charge in [0.15, 0.2) is 0 Å². The fourth-order valence-electron chi connectivity index (χ4n) is 2.39. The number of nitrogens with one attached hydrogen (secondary N) is 1. The Morgan fingerprint density at radius 3 is 2.85 bits per heavy atom. The zero-order valence-electron chi connectivity index (χ0n) is 10.5. The SMILES string of the molecule is N#Cc1ccc2cc(C(=O)N3CCC(F)(F)C3)[nH]c2c1. The number of aromatic nitrogens is 1. The number of hydrogen-bond donors (Lipinski definition) is 1. The molecule has 0 saturated carbocycles. The third-order valence-electron chi connectivity index (χ3n) is 3.44. The monoisotopic (exact) mass is 275 g/mol. The molecule has 102 valence electrons. The molecule has 1 N–H and O–H groups in total. The zero-order valence-corrected chi connectivity index (χ0v) is 10.5. The van der Waals surface area contributed by atoms with Crippen LogP contribution in [0.25, 0.3) is 10.9 Å². The molecule has 2 heterocycles. The summed E-state index contributed by atoms with van der Waals surface area (Å²) in [6, 6.07) is 8.63. The molecule has 1 saturated heterocycles.